The van der Waals surface area contributed by atoms with E-state index in [2.05, 4.69) is 36.5 Å². The molecule has 2 rings (SSSR count). The highest BCUT2D eigenvalue weighted by molar-refractivity contribution is 5.09. The summed E-state index contributed by atoms with van der Waals surface area (Å²) >= 11 is 0. The van der Waals surface area contributed by atoms with Crippen molar-refractivity contribution in [2.24, 2.45) is 11.8 Å². The zero-order valence-corrected chi connectivity index (χ0v) is 9.45. The number of nitrogens with zero attached hydrogens (tertiary/aromatic N) is 2. The maximum absolute atomic E-state index is 4.54. The number of hydrogen-bond acceptors (Lipinski definition) is 1. The van der Waals surface area contributed by atoms with Crippen LogP contribution in [0.2, 0.25) is 0 Å². The van der Waals surface area contributed by atoms with Crippen molar-refractivity contribution in [3.63, 3.8) is 0 Å². The molecule has 0 amide bonds. The zero-order valence-electron chi connectivity index (χ0n) is 9.45. The second-order valence-electron chi connectivity index (χ2n) is 5.01. The van der Waals surface area contributed by atoms with Gasteiger partial charge in [0.1, 0.15) is 5.82 Å². The molecular formula is C12H20N2. The summed E-state index contributed by atoms with van der Waals surface area (Å²) in [6.07, 6.45) is 5.72. The molecule has 0 saturated heterocycles. The van der Waals surface area contributed by atoms with Gasteiger partial charge in [-0.2, -0.15) is 0 Å². The molecule has 1 aliphatic heterocycles. The maximum atomic E-state index is 4.54. The van der Waals surface area contributed by atoms with Crippen LogP contribution in [0, 0.1) is 11.8 Å². The van der Waals surface area contributed by atoms with Gasteiger partial charge < -0.3 is 4.57 Å². The third-order valence-corrected chi connectivity index (χ3v) is 3.01. The lowest BCUT2D eigenvalue weighted by Gasteiger charge is -2.22. The van der Waals surface area contributed by atoms with E-state index < -0.39 is 0 Å². The molecule has 2 heterocycles. The molecule has 0 fully saturated rings. The third kappa shape index (κ3) is 1.84. The summed E-state index contributed by atoms with van der Waals surface area (Å²) < 4.78 is 2.43. The minimum atomic E-state index is 0.709. The summed E-state index contributed by atoms with van der Waals surface area (Å²) in [5.74, 6) is 2.84. The molecule has 0 saturated carbocycles. The average molecular weight is 192 g/mol. The highest BCUT2D eigenvalue weighted by Gasteiger charge is 2.18. The topological polar surface area (TPSA) is 17.8 Å². The summed E-state index contributed by atoms with van der Waals surface area (Å²) in [6, 6.07) is 0. The van der Waals surface area contributed by atoms with Gasteiger partial charge in [-0.3, -0.25) is 0 Å². The van der Waals surface area contributed by atoms with Gasteiger partial charge in [0.05, 0.1) is 0 Å². The first-order valence-corrected chi connectivity index (χ1v) is 5.70. The van der Waals surface area contributed by atoms with Gasteiger partial charge in [0, 0.05) is 24.9 Å². The molecule has 78 valence electrons. The van der Waals surface area contributed by atoms with Gasteiger partial charge in [-0.25, -0.2) is 4.98 Å². The summed E-state index contributed by atoms with van der Waals surface area (Å²) in [7, 11) is 0. The molecule has 14 heavy (non-hydrogen) atoms. The lowest BCUT2D eigenvalue weighted by Crippen LogP contribution is -2.19. The molecule has 1 atom stereocenters. The van der Waals surface area contributed by atoms with Crippen molar-refractivity contribution in [2.45, 2.75) is 46.6 Å². The van der Waals surface area contributed by atoms with Crippen molar-refractivity contribution < 1.29 is 0 Å². The van der Waals surface area contributed by atoms with E-state index in [9.17, 15) is 0 Å². The van der Waals surface area contributed by atoms with Gasteiger partial charge >= 0.3 is 0 Å². The van der Waals surface area contributed by atoms with Crippen molar-refractivity contribution in [1.29, 1.82) is 0 Å². The van der Waals surface area contributed by atoms with Crippen molar-refractivity contribution in [1.82, 2.24) is 9.55 Å². The van der Waals surface area contributed by atoms with Crippen LogP contribution in [0.3, 0.4) is 0 Å². The number of fused-ring (bicyclic) bond motifs is 1. The Morgan fingerprint density at radius 3 is 3.07 bits per heavy atom. The van der Waals surface area contributed by atoms with Gasteiger partial charge in [0.2, 0.25) is 0 Å². The van der Waals surface area contributed by atoms with Crippen LogP contribution in [-0.2, 0) is 19.4 Å². The standard InChI is InChI=1S/C12H20N2/c1-9(2)6-12-13-8-11-7-10(3)4-5-14(11)12/h8-10H,4-7H2,1-3H3. The minimum absolute atomic E-state index is 0.709. The van der Waals surface area contributed by atoms with Crippen LogP contribution in [-0.4, -0.2) is 9.55 Å². The van der Waals surface area contributed by atoms with Gasteiger partial charge in [-0.05, 0) is 24.7 Å². The SMILES string of the molecule is CC(C)Cc1ncc2n1CCC(C)C2. The summed E-state index contributed by atoms with van der Waals surface area (Å²) in [5.41, 5.74) is 1.44. The van der Waals surface area contributed by atoms with Crippen LogP contribution >= 0.6 is 0 Å². The van der Waals surface area contributed by atoms with E-state index in [1.165, 1.54) is 30.9 Å². The van der Waals surface area contributed by atoms with Crippen LogP contribution < -0.4 is 0 Å². The summed E-state index contributed by atoms with van der Waals surface area (Å²) in [4.78, 5) is 4.54. The van der Waals surface area contributed by atoms with E-state index in [-0.39, 0.29) is 0 Å². The molecule has 0 aromatic carbocycles. The van der Waals surface area contributed by atoms with Crippen molar-refractivity contribution >= 4 is 0 Å². The van der Waals surface area contributed by atoms with Crippen molar-refractivity contribution in [2.75, 3.05) is 0 Å². The van der Waals surface area contributed by atoms with Crippen LogP contribution in [0.5, 0.6) is 0 Å². The molecule has 0 bridgehead atoms. The minimum Gasteiger partial charge on any atom is -0.332 e. The largest absolute Gasteiger partial charge is 0.332 e. The molecule has 1 aromatic heterocycles. The molecule has 1 aliphatic rings. The van der Waals surface area contributed by atoms with Crippen molar-refractivity contribution in [3.05, 3.63) is 17.7 Å². The zero-order chi connectivity index (χ0) is 10.1. The predicted molar refractivity (Wildman–Crippen MR) is 58.3 cm³/mol. The fourth-order valence-electron chi connectivity index (χ4n) is 2.23. The molecule has 2 heteroatoms. The Morgan fingerprint density at radius 2 is 2.36 bits per heavy atom. The number of rotatable bonds is 2. The fourth-order valence-corrected chi connectivity index (χ4v) is 2.23. The molecular weight excluding hydrogens is 172 g/mol. The van der Waals surface area contributed by atoms with Gasteiger partial charge in [-0.1, -0.05) is 20.8 Å². The first-order chi connectivity index (χ1) is 6.66. The Labute approximate surface area is 86.3 Å². The monoisotopic (exact) mass is 192 g/mol. The normalized spacial score (nSPS) is 21.3. The first kappa shape index (κ1) is 9.75. The quantitative estimate of drug-likeness (QED) is 0.704. The fraction of sp³-hybridized carbons (Fsp3) is 0.750. The van der Waals surface area contributed by atoms with Crippen LogP contribution in [0.1, 0.15) is 38.7 Å². The van der Waals surface area contributed by atoms with Crippen molar-refractivity contribution in [3.8, 4) is 0 Å². The van der Waals surface area contributed by atoms with Crippen LogP contribution in [0.15, 0.2) is 6.20 Å². The third-order valence-electron chi connectivity index (χ3n) is 3.01. The second-order valence-corrected chi connectivity index (χ2v) is 5.01. The Kier molecular flexibility index (Phi) is 2.62. The molecule has 0 N–H and O–H groups in total. The molecule has 2 nitrogen and oxygen atoms in total. The average Bonchev–Trinajstić information content (AvgIpc) is 2.47. The summed E-state index contributed by atoms with van der Waals surface area (Å²) in [5, 5.41) is 0. The van der Waals surface area contributed by atoms with E-state index in [0.717, 1.165) is 12.3 Å². The number of imidazole rings is 1. The van der Waals surface area contributed by atoms with E-state index in [1.54, 1.807) is 0 Å². The number of hydrogen-bond donors (Lipinski definition) is 0. The van der Waals surface area contributed by atoms with E-state index in [4.69, 9.17) is 0 Å². The molecule has 1 aromatic rings. The lowest BCUT2D eigenvalue weighted by atomic mass is 9.98. The Balaban J connectivity index is 2.20. The second kappa shape index (κ2) is 3.76. The molecule has 0 spiro atoms. The van der Waals surface area contributed by atoms with Gasteiger partial charge in [-0.15, -0.1) is 0 Å². The Hall–Kier alpha value is -0.790. The lowest BCUT2D eigenvalue weighted by molar-refractivity contribution is 0.404. The van der Waals surface area contributed by atoms with Crippen LogP contribution in [0.25, 0.3) is 0 Å². The number of aromatic nitrogens is 2. The predicted octanol–water partition coefficient (Wildman–Crippen LogP) is 2.66. The maximum Gasteiger partial charge on any atom is 0.109 e. The Bertz CT molecular complexity index is 312. The smallest absolute Gasteiger partial charge is 0.109 e. The van der Waals surface area contributed by atoms with E-state index in [1.807, 2.05) is 0 Å². The first-order valence-electron chi connectivity index (χ1n) is 5.70. The van der Waals surface area contributed by atoms with Crippen LogP contribution in [0.4, 0.5) is 0 Å². The van der Waals surface area contributed by atoms with E-state index in [0.29, 0.717) is 5.92 Å². The molecule has 1 unspecified atom stereocenters. The summed E-state index contributed by atoms with van der Waals surface area (Å²) in [6.45, 7) is 8.03. The molecule has 0 radical (unpaired) electrons. The highest BCUT2D eigenvalue weighted by Crippen LogP contribution is 2.22. The highest BCUT2D eigenvalue weighted by atomic mass is 15.1. The Morgan fingerprint density at radius 1 is 1.57 bits per heavy atom. The van der Waals surface area contributed by atoms with Gasteiger partial charge in [0.15, 0.2) is 0 Å². The van der Waals surface area contributed by atoms with E-state index >= 15 is 0 Å². The molecule has 0 aliphatic carbocycles. The van der Waals surface area contributed by atoms with Gasteiger partial charge in [0.25, 0.3) is 0 Å².